The lowest BCUT2D eigenvalue weighted by atomic mass is 10.2. The van der Waals surface area contributed by atoms with E-state index < -0.39 is 0 Å². The number of likely N-dealkylation sites (N-methyl/N-ethyl adjacent to an activating group) is 1. The molecule has 7 nitrogen and oxygen atoms in total. The second kappa shape index (κ2) is 5.18. The molecule has 7 heteroatoms. The number of nitriles is 1. The fraction of sp³-hybridized carbons (Fsp3) is 0.167. The molecule has 0 fully saturated rings. The van der Waals surface area contributed by atoms with Gasteiger partial charge in [-0.25, -0.2) is 9.67 Å². The van der Waals surface area contributed by atoms with Crippen molar-refractivity contribution in [3.05, 3.63) is 36.2 Å². The first-order chi connectivity index (χ1) is 9.10. The summed E-state index contributed by atoms with van der Waals surface area (Å²) in [6.07, 6.45) is 1.40. The molecule has 0 bridgehead atoms. The van der Waals surface area contributed by atoms with Crippen LogP contribution < -0.4 is 10.6 Å². The van der Waals surface area contributed by atoms with Gasteiger partial charge in [0.05, 0.1) is 11.6 Å². The maximum absolute atomic E-state index is 12.0. The Labute approximate surface area is 109 Å². The zero-order valence-corrected chi connectivity index (χ0v) is 10.3. The zero-order chi connectivity index (χ0) is 13.8. The topological polar surface area (TPSA) is 101 Å². The van der Waals surface area contributed by atoms with Crippen molar-refractivity contribution in [2.45, 2.75) is 6.54 Å². The number of nitrogen functional groups attached to an aromatic ring is 1. The standard InChI is InChI=1S/C12H12N6O/c1-17(10-4-2-3-9(5-10)6-13)11(19)7-18-8-15-12(14)16-18/h2-5,8H,7H2,1H3,(H2,14,16). The first-order valence-corrected chi connectivity index (χ1v) is 5.52. The summed E-state index contributed by atoms with van der Waals surface area (Å²) in [6.45, 7) is 0.0392. The highest BCUT2D eigenvalue weighted by molar-refractivity contribution is 5.92. The Morgan fingerprint density at radius 3 is 3.00 bits per heavy atom. The maximum atomic E-state index is 12.0. The lowest BCUT2D eigenvalue weighted by Gasteiger charge is -2.17. The minimum absolute atomic E-state index is 0.0392. The highest BCUT2D eigenvalue weighted by Gasteiger charge is 2.12. The van der Waals surface area contributed by atoms with Crippen molar-refractivity contribution in [2.24, 2.45) is 0 Å². The number of carbonyl (C=O) groups is 1. The Bertz CT molecular complexity index is 642. The molecule has 1 amide bonds. The Kier molecular flexibility index (Phi) is 3.43. The molecule has 0 aliphatic carbocycles. The van der Waals surface area contributed by atoms with Crippen molar-refractivity contribution in [3.8, 4) is 6.07 Å². The molecule has 96 valence electrons. The number of benzene rings is 1. The molecule has 1 heterocycles. The minimum Gasteiger partial charge on any atom is -0.367 e. The Balaban J connectivity index is 2.12. The van der Waals surface area contributed by atoms with Crippen LogP contribution in [0, 0.1) is 11.3 Å². The maximum Gasteiger partial charge on any atom is 0.248 e. The predicted molar refractivity (Wildman–Crippen MR) is 69.0 cm³/mol. The summed E-state index contributed by atoms with van der Waals surface area (Å²) in [5.41, 5.74) is 6.53. The summed E-state index contributed by atoms with van der Waals surface area (Å²) in [7, 11) is 1.64. The quantitative estimate of drug-likeness (QED) is 0.856. The van der Waals surface area contributed by atoms with E-state index in [1.54, 1.807) is 31.3 Å². The van der Waals surface area contributed by atoms with Gasteiger partial charge in [0.15, 0.2) is 0 Å². The van der Waals surface area contributed by atoms with Gasteiger partial charge < -0.3 is 10.6 Å². The molecule has 19 heavy (non-hydrogen) atoms. The molecule has 0 aliphatic rings. The van der Waals surface area contributed by atoms with Crippen LogP contribution in [0.2, 0.25) is 0 Å². The number of nitrogens with zero attached hydrogens (tertiary/aromatic N) is 5. The van der Waals surface area contributed by atoms with Crippen LogP contribution in [0.25, 0.3) is 0 Å². The van der Waals surface area contributed by atoms with Crippen molar-refractivity contribution in [2.75, 3.05) is 17.7 Å². The van der Waals surface area contributed by atoms with Gasteiger partial charge in [0.1, 0.15) is 12.9 Å². The monoisotopic (exact) mass is 256 g/mol. The summed E-state index contributed by atoms with van der Waals surface area (Å²) in [6, 6.07) is 8.84. The molecular weight excluding hydrogens is 244 g/mol. The summed E-state index contributed by atoms with van der Waals surface area (Å²) < 4.78 is 1.36. The lowest BCUT2D eigenvalue weighted by Crippen LogP contribution is -2.30. The molecule has 2 aromatic rings. The fourth-order valence-corrected chi connectivity index (χ4v) is 1.56. The minimum atomic E-state index is -0.181. The number of nitrogens with two attached hydrogens (primary N) is 1. The third-order valence-corrected chi connectivity index (χ3v) is 2.59. The second-order valence-electron chi connectivity index (χ2n) is 3.92. The third kappa shape index (κ3) is 2.87. The van der Waals surface area contributed by atoms with Gasteiger partial charge in [-0.3, -0.25) is 4.79 Å². The summed E-state index contributed by atoms with van der Waals surface area (Å²) >= 11 is 0. The van der Waals surface area contributed by atoms with Crippen LogP contribution in [0.3, 0.4) is 0 Å². The predicted octanol–water partition coefficient (Wildman–Crippen LogP) is 0.395. The molecule has 0 atom stereocenters. The van der Waals surface area contributed by atoms with Crippen molar-refractivity contribution >= 4 is 17.5 Å². The van der Waals surface area contributed by atoms with Crippen LogP contribution in [-0.2, 0) is 11.3 Å². The average molecular weight is 256 g/mol. The highest BCUT2D eigenvalue weighted by atomic mass is 16.2. The largest absolute Gasteiger partial charge is 0.367 e. The smallest absolute Gasteiger partial charge is 0.248 e. The van der Waals surface area contributed by atoms with Gasteiger partial charge >= 0.3 is 0 Å². The van der Waals surface area contributed by atoms with Crippen LogP contribution in [-0.4, -0.2) is 27.7 Å². The number of carbonyl (C=O) groups excluding carboxylic acids is 1. The number of rotatable bonds is 3. The Morgan fingerprint density at radius 2 is 2.37 bits per heavy atom. The van der Waals surface area contributed by atoms with E-state index in [0.29, 0.717) is 11.3 Å². The van der Waals surface area contributed by atoms with Crippen LogP contribution in [0.5, 0.6) is 0 Å². The van der Waals surface area contributed by atoms with Crippen molar-refractivity contribution in [1.82, 2.24) is 14.8 Å². The zero-order valence-electron chi connectivity index (χ0n) is 10.3. The molecule has 0 unspecified atom stereocenters. The van der Waals surface area contributed by atoms with E-state index in [9.17, 15) is 4.79 Å². The van der Waals surface area contributed by atoms with Crippen LogP contribution in [0.1, 0.15) is 5.56 Å². The van der Waals surface area contributed by atoms with Crippen molar-refractivity contribution in [3.63, 3.8) is 0 Å². The van der Waals surface area contributed by atoms with E-state index >= 15 is 0 Å². The SMILES string of the molecule is CN(C(=O)Cn1cnc(N)n1)c1cccc(C#N)c1. The summed E-state index contributed by atoms with van der Waals surface area (Å²) in [5, 5.41) is 12.7. The van der Waals surface area contributed by atoms with E-state index in [2.05, 4.69) is 10.1 Å². The van der Waals surface area contributed by atoms with Gasteiger partial charge in [-0.15, -0.1) is 5.10 Å². The number of hydrogen-bond acceptors (Lipinski definition) is 5. The van der Waals surface area contributed by atoms with Crippen LogP contribution in [0.4, 0.5) is 11.6 Å². The van der Waals surface area contributed by atoms with Crippen molar-refractivity contribution in [1.29, 1.82) is 5.26 Å². The van der Waals surface area contributed by atoms with E-state index in [0.717, 1.165) is 0 Å². The van der Waals surface area contributed by atoms with Crippen molar-refractivity contribution < 1.29 is 4.79 Å². The number of amides is 1. The third-order valence-electron chi connectivity index (χ3n) is 2.59. The first kappa shape index (κ1) is 12.6. The van der Waals surface area contributed by atoms with Gasteiger partial charge in [0.2, 0.25) is 11.9 Å². The Morgan fingerprint density at radius 1 is 1.58 bits per heavy atom. The molecule has 0 spiro atoms. The van der Waals surface area contributed by atoms with Gasteiger partial charge in [-0.1, -0.05) is 6.07 Å². The molecule has 2 rings (SSSR count). The van der Waals surface area contributed by atoms with Gasteiger partial charge in [0, 0.05) is 12.7 Å². The van der Waals surface area contributed by atoms with E-state index in [1.807, 2.05) is 6.07 Å². The number of anilines is 2. The fourth-order valence-electron chi connectivity index (χ4n) is 1.56. The average Bonchev–Trinajstić information content (AvgIpc) is 2.83. The van der Waals surface area contributed by atoms with E-state index in [1.165, 1.54) is 15.9 Å². The molecule has 1 aromatic carbocycles. The first-order valence-electron chi connectivity index (χ1n) is 5.52. The van der Waals surface area contributed by atoms with Crippen LogP contribution >= 0.6 is 0 Å². The van der Waals surface area contributed by atoms with Crippen LogP contribution in [0.15, 0.2) is 30.6 Å². The highest BCUT2D eigenvalue weighted by Crippen LogP contribution is 2.14. The molecular formula is C12H12N6O. The summed E-state index contributed by atoms with van der Waals surface area (Å²) in [4.78, 5) is 17.2. The normalized spacial score (nSPS) is 9.89. The van der Waals surface area contributed by atoms with Gasteiger partial charge in [0.25, 0.3) is 0 Å². The van der Waals surface area contributed by atoms with E-state index in [-0.39, 0.29) is 18.4 Å². The molecule has 0 saturated heterocycles. The molecule has 2 N–H and O–H groups in total. The van der Waals surface area contributed by atoms with Gasteiger partial charge in [-0.05, 0) is 18.2 Å². The second-order valence-corrected chi connectivity index (χ2v) is 3.92. The molecule has 0 saturated carbocycles. The molecule has 0 aliphatic heterocycles. The van der Waals surface area contributed by atoms with Gasteiger partial charge in [-0.2, -0.15) is 5.26 Å². The lowest BCUT2D eigenvalue weighted by molar-refractivity contribution is -0.119. The summed E-state index contributed by atoms with van der Waals surface area (Å²) in [5.74, 6) is -0.0538. The number of hydrogen-bond donors (Lipinski definition) is 1. The molecule has 1 aromatic heterocycles. The Hall–Kier alpha value is -2.88. The number of aromatic nitrogens is 3. The van der Waals surface area contributed by atoms with E-state index in [4.69, 9.17) is 11.0 Å². The molecule has 0 radical (unpaired) electrons.